The van der Waals surface area contributed by atoms with E-state index in [2.05, 4.69) is 58.7 Å². The zero-order valence-electron chi connectivity index (χ0n) is 17.7. The third-order valence-corrected chi connectivity index (χ3v) is 5.79. The van der Waals surface area contributed by atoms with Crippen molar-refractivity contribution in [2.75, 3.05) is 45.1 Å². The maximum Gasteiger partial charge on any atom is 0.313 e. The van der Waals surface area contributed by atoms with E-state index in [1.54, 1.807) is 18.2 Å². The first-order valence-electron chi connectivity index (χ1n) is 10.2. The zero-order chi connectivity index (χ0) is 21.7. The number of amides is 2. The van der Waals surface area contributed by atoms with Gasteiger partial charge < -0.3 is 15.5 Å². The Labute approximate surface area is 183 Å². The van der Waals surface area contributed by atoms with E-state index < -0.39 is 11.8 Å². The van der Waals surface area contributed by atoms with Crippen LogP contribution in [0.3, 0.4) is 0 Å². The summed E-state index contributed by atoms with van der Waals surface area (Å²) in [6, 6.07) is 13.6. The van der Waals surface area contributed by atoms with Crippen molar-refractivity contribution >= 4 is 29.1 Å². The normalized spacial score (nSPS) is 16.1. The van der Waals surface area contributed by atoms with Gasteiger partial charge in [-0.25, -0.2) is 0 Å². The minimum atomic E-state index is -0.693. The summed E-state index contributed by atoms with van der Waals surface area (Å²) in [6.07, 6.45) is 0. The van der Waals surface area contributed by atoms with Gasteiger partial charge in [-0.1, -0.05) is 47.5 Å². The third-order valence-electron chi connectivity index (χ3n) is 5.55. The summed E-state index contributed by atoms with van der Waals surface area (Å²) in [7, 11) is 2.11. The number of aryl methyl sites for hydroxylation is 2. The average Bonchev–Trinajstić information content (AvgIpc) is 2.73. The lowest BCUT2D eigenvalue weighted by Gasteiger charge is -2.38. The number of nitrogens with one attached hydrogen (secondary N) is 2. The molecule has 2 aromatic carbocycles. The Hall–Kier alpha value is -2.41. The standard InChI is InChI=1S/C23H29ClN4O2/c1-16-4-7-18(8-5-16)21(28-12-10-27(3)11-13-28)15-25-22(29)23(30)26-20-14-19(24)9-6-17(20)2/h4-9,14,21H,10-13,15H2,1-3H3,(H,25,29)(H,26,30)/t21-/m1/s1. The van der Waals surface area contributed by atoms with Crippen LogP contribution in [0.15, 0.2) is 42.5 Å². The van der Waals surface area contributed by atoms with Crippen LogP contribution in [0.5, 0.6) is 0 Å². The number of benzene rings is 2. The highest BCUT2D eigenvalue weighted by Crippen LogP contribution is 2.23. The van der Waals surface area contributed by atoms with Crippen LogP contribution in [0, 0.1) is 13.8 Å². The SMILES string of the molecule is Cc1ccc([C@@H](CNC(=O)C(=O)Nc2cc(Cl)ccc2C)N2CCN(C)CC2)cc1. The van der Waals surface area contributed by atoms with E-state index in [0.717, 1.165) is 37.3 Å². The molecule has 0 saturated carbocycles. The van der Waals surface area contributed by atoms with Gasteiger partial charge in [0.25, 0.3) is 0 Å². The van der Waals surface area contributed by atoms with Crippen LogP contribution < -0.4 is 10.6 Å². The molecule has 160 valence electrons. The van der Waals surface area contributed by atoms with Gasteiger partial charge in [-0.15, -0.1) is 0 Å². The molecule has 0 radical (unpaired) electrons. The van der Waals surface area contributed by atoms with Gasteiger partial charge in [-0.3, -0.25) is 14.5 Å². The molecule has 2 amide bonds. The van der Waals surface area contributed by atoms with Gasteiger partial charge in [0, 0.05) is 43.4 Å². The number of likely N-dealkylation sites (N-methyl/N-ethyl adjacent to an activating group) is 1. The van der Waals surface area contributed by atoms with Crippen LogP contribution in [0.4, 0.5) is 5.69 Å². The number of carbonyl (C=O) groups is 2. The van der Waals surface area contributed by atoms with Gasteiger partial charge in [0.05, 0.1) is 6.04 Å². The quantitative estimate of drug-likeness (QED) is 0.718. The highest BCUT2D eigenvalue weighted by Gasteiger charge is 2.25. The van der Waals surface area contributed by atoms with Crippen LogP contribution in [-0.2, 0) is 9.59 Å². The Kier molecular flexibility index (Phi) is 7.48. The monoisotopic (exact) mass is 428 g/mol. The lowest BCUT2D eigenvalue weighted by Crippen LogP contribution is -2.49. The molecular formula is C23H29ClN4O2. The van der Waals surface area contributed by atoms with Crippen LogP contribution in [0.2, 0.25) is 5.02 Å². The van der Waals surface area contributed by atoms with E-state index in [1.165, 1.54) is 5.56 Å². The van der Waals surface area contributed by atoms with Crippen molar-refractivity contribution in [2.24, 2.45) is 0 Å². The van der Waals surface area contributed by atoms with E-state index >= 15 is 0 Å². The van der Waals surface area contributed by atoms with Gasteiger partial charge in [-0.05, 0) is 44.2 Å². The number of hydrogen-bond donors (Lipinski definition) is 2. The maximum absolute atomic E-state index is 12.5. The summed E-state index contributed by atoms with van der Waals surface area (Å²) in [4.78, 5) is 29.5. The predicted molar refractivity (Wildman–Crippen MR) is 121 cm³/mol. The van der Waals surface area contributed by atoms with E-state index in [9.17, 15) is 9.59 Å². The molecule has 0 spiro atoms. The van der Waals surface area contributed by atoms with E-state index in [1.807, 2.05) is 6.92 Å². The summed E-state index contributed by atoms with van der Waals surface area (Å²) in [5.74, 6) is -1.35. The van der Waals surface area contributed by atoms with Gasteiger partial charge in [0.1, 0.15) is 0 Å². The van der Waals surface area contributed by atoms with Crippen LogP contribution in [0.25, 0.3) is 0 Å². The maximum atomic E-state index is 12.5. The average molecular weight is 429 g/mol. The molecule has 1 fully saturated rings. The van der Waals surface area contributed by atoms with Crippen molar-refractivity contribution in [2.45, 2.75) is 19.9 Å². The second-order valence-corrected chi connectivity index (χ2v) is 8.33. The second kappa shape index (κ2) is 10.1. The first-order valence-corrected chi connectivity index (χ1v) is 10.6. The molecule has 3 rings (SSSR count). The van der Waals surface area contributed by atoms with Gasteiger partial charge in [-0.2, -0.15) is 0 Å². The van der Waals surface area contributed by atoms with Crippen molar-refractivity contribution in [3.63, 3.8) is 0 Å². The van der Waals surface area contributed by atoms with Crippen molar-refractivity contribution < 1.29 is 9.59 Å². The van der Waals surface area contributed by atoms with Crippen molar-refractivity contribution in [1.29, 1.82) is 0 Å². The molecule has 30 heavy (non-hydrogen) atoms. The molecule has 0 bridgehead atoms. The first-order chi connectivity index (χ1) is 14.3. The Morgan fingerprint density at radius 3 is 2.33 bits per heavy atom. The zero-order valence-corrected chi connectivity index (χ0v) is 18.5. The second-order valence-electron chi connectivity index (χ2n) is 7.89. The summed E-state index contributed by atoms with van der Waals surface area (Å²) < 4.78 is 0. The molecule has 0 unspecified atom stereocenters. The number of anilines is 1. The Bertz CT molecular complexity index is 893. The molecule has 1 atom stereocenters. The molecule has 1 aliphatic heterocycles. The highest BCUT2D eigenvalue weighted by molar-refractivity contribution is 6.40. The molecular weight excluding hydrogens is 400 g/mol. The third kappa shape index (κ3) is 5.81. The largest absolute Gasteiger partial charge is 0.346 e. The molecule has 1 saturated heterocycles. The van der Waals surface area contributed by atoms with Crippen LogP contribution in [-0.4, -0.2) is 61.4 Å². The summed E-state index contributed by atoms with van der Waals surface area (Å²) in [5.41, 5.74) is 3.71. The van der Waals surface area contributed by atoms with E-state index in [4.69, 9.17) is 11.6 Å². The Morgan fingerprint density at radius 1 is 1.00 bits per heavy atom. The summed E-state index contributed by atoms with van der Waals surface area (Å²) >= 11 is 6.00. The minimum absolute atomic E-state index is 0.0176. The molecule has 6 nitrogen and oxygen atoms in total. The number of rotatable bonds is 5. The molecule has 0 aliphatic carbocycles. The van der Waals surface area contributed by atoms with Crippen molar-refractivity contribution in [3.05, 3.63) is 64.2 Å². The van der Waals surface area contributed by atoms with Gasteiger partial charge in [0.15, 0.2) is 0 Å². The fourth-order valence-corrected chi connectivity index (χ4v) is 3.73. The van der Waals surface area contributed by atoms with Gasteiger partial charge in [0.2, 0.25) is 0 Å². The van der Waals surface area contributed by atoms with E-state index in [-0.39, 0.29) is 6.04 Å². The van der Waals surface area contributed by atoms with Crippen molar-refractivity contribution in [3.8, 4) is 0 Å². The smallest absolute Gasteiger partial charge is 0.313 e. The molecule has 2 aromatic rings. The number of halogens is 1. The lowest BCUT2D eigenvalue weighted by molar-refractivity contribution is -0.136. The Balaban J connectivity index is 1.66. The van der Waals surface area contributed by atoms with E-state index in [0.29, 0.717) is 17.3 Å². The summed E-state index contributed by atoms with van der Waals surface area (Å²) in [5, 5.41) is 5.98. The first kappa shape index (κ1) is 22.3. The predicted octanol–water partition coefficient (Wildman–Crippen LogP) is 3.00. The number of carbonyl (C=O) groups excluding carboxylic acids is 2. The van der Waals surface area contributed by atoms with Crippen LogP contribution >= 0.6 is 11.6 Å². The number of piperazine rings is 1. The Morgan fingerprint density at radius 2 is 1.67 bits per heavy atom. The minimum Gasteiger partial charge on any atom is -0.346 e. The summed E-state index contributed by atoms with van der Waals surface area (Å²) in [6.45, 7) is 8.06. The lowest BCUT2D eigenvalue weighted by atomic mass is 10.0. The molecule has 7 heteroatoms. The fourth-order valence-electron chi connectivity index (χ4n) is 3.56. The fraction of sp³-hybridized carbons (Fsp3) is 0.391. The highest BCUT2D eigenvalue weighted by atomic mass is 35.5. The van der Waals surface area contributed by atoms with Crippen molar-refractivity contribution in [1.82, 2.24) is 15.1 Å². The molecule has 0 aromatic heterocycles. The molecule has 1 heterocycles. The number of hydrogen-bond acceptors (Lipinski definition) is 4. The topological polar surface area (TPSA) is 64.7 Å². The molecule has 2 N–H and O–H groups in total. The van der Waals surface area contributed by atoms with Gasteiger partial charge >= 0.3 is 11.8 Å². The number of nitrogens with zero attached hydrogens (tertiary/aromatic N) is 2. The van der Waals surface area contributed by atoms with Crippen LogP contribution in [0.1, 0.15) is 22.7 Å². The molecule has 1 aliphatic rings.